The van der Waals surface area contributed by atoms with Crippen molar-refractivity contribution in [1.29, 1.82) is 0 Å². The van der Waals surface area contributed by atoms with Crippen molar-refractivity contribution >= 4 is 11.8 Å². The molecule has 3 aromatic rings. The number of hydrogen-bond acceptors (Lipinski definition) is 6. The second-order valence-electron chi connectivity index (χ2n) is 4.41. The molecule has 1 aromatic carbocycles. The third kappa shape index (κ3) is 3.09. The molecule has 106 valence electrons. The van der Waals surface area contributed by atoms with Crippen LogP contribution in [0, 0.1) is 0 Å². The quantitative estimate of drug-likeness (QED) is 0.796. The zero-order chi connectivity index (χ0) is 14.7. The standard InChI is InChI=1S/C14H13N5OS/c1-10(20)11-7-8-15-13(9-11)21-14-16-17-18-19(14)12-5-3-2-4-6-12/h2-10,20H,1H3/t10-/m1/s1. The van der Waals surface area contributed by atoms with Crippen LogP contribution in [-0.2, 0) is 0 Å². The van der Waals surface area contributed by atoms with E-state index in [2.05, 4.69) is 20.5 Å². The number of para-hydroxylation sites is 1. The van der Waals surface area contributed by atoms with Gasteiger partial charge in [-0.2, -0.15) is 4.68 Å². The Labute approximate surface area is 125 Å². The fraction of sp³-hybridized carbons (Fsp3) is 0.143. The molecule has 0 amide bonds. The first-order valence-electron chi connectivity index (χ1n) is 6.40. The maximum Gasteiger partial charge on any atom is 0.220 e. The van der Waals surface area contributed by atoms with Crippen LogP contribution < -0.4 is 0 Å². The highest BCUT2D eigenvalue weighted by Crippen LogP contribution is 2.26. The highest BCUT2D eigenvalue weighted by molar-refractivity contribution is 7.99. The van der Waals surface area contributed by atoms with Gasteiger partial charge in [-0.05, 0) is 58.9 Å². The first-order valence-corrected chi connectivity index (χ1v) is 7.21. The number of benzene rings is 1. The second kappa shape index (κ2) is 6.02. The van der Waals surface area contributed by atoms with E-state index in [9.17, 15) is 5.11 Å². The minimum absolute atomic E-state index is 0.530. The van der Waals surface area contributed by atoms with E-state index in [0.717, 1.165) is 16.3 Å². The minimum Gasteiger partial charge on any atom is -0.389 e. The van der Waals surface area contributed by atoms with Crippen molar-refractivity contribution in [2.24, 2.45) is 0 Å². The Morgan fingerprint density at radius 3 is 2.76 bits per heavy atom. The highest BCUT2D eigenvalue weighted by atomic mass is 32.2. The molecule has 3 rings (SSSR count). The van der Waals surface area contributed by atoms with Crippen LogP contribution in [-0.4, -0.2) is 30.3 Å². The van der Waals surface area contributed by atoms with Gasteiger partial charge >= 0.3 is 0 Å². The molecule has 0 aliphatic heterocycles. The van der Waals surface area contributed by atoms with E-state index in [0.29, 0.717) is 5.16 Å². The Morgan fingerprint density at radius 1 is 1.19 bits per heavy atom. The van der Waals surface area contributed by atoms with Gasteiger partial charge in [-0.15, -0.1) is 5.10 Å². The van der Waals surface area contributed by atoms with Crippen LogP contribution in [0.4, 0.5) is 0 Å². The van der Waals surface area contributed by atoms with E-state index in [1.54, 1.807) is 23.9 Å². The van der Waals surface area contributed by atoms with Crippen molar-refractivity contribution in [3.63, 3.8) is 0 Å². The fourth-order valence-electron chi connectivity index (χ4n) is 1.81. The van der Waals surface area contributed by atoms with E-state index in [4.69, 9.17) is 0 Å². The lowest BCUT2D eigenvalue weighted by Crippen LogP contribution is -1.99. The molecule has 0 spiro atoms. The molecule has 0 aliphatic rings. The molecule has 2 aromatic heterocycles. The summed E-state index contributed by atoms with van der Waals surface area (Å²) in [6.07, 6.45) is 1.14. The summed E-state index contributed by atoms with van der Waals surface area (Å²) in [5, 5.41) is 22.7. The average Bonchev–Trinajstić information content (AvgIpc) is 2.96. The second-order valence-corrected chi connectivity index (χ2v) is 5.40. The molecular weight excluding hydrogens is 286 g/mol. The molecule has 21 heavy (non-hydrogen) atoms. The number of hydrogen-bond donors (Lipinski definition) is 1. The Kier molecular flexibility index (Phi) is 3.94. The molecule has 0 unspecified atom stereocenters. The van der Waals surface area contributed by atoms with Gasteiger partial charge in [0.2, 0.25) is 5.16 Å². The van der Waals surface area contributed by atoms with Crippen LogP contribution in [0.1, 0.15) is 18.6 Å². The lowest BCUT2D eigenvalue weighted by atomic mass is 10.2. The number of aromatic nitrogens is 5. The molecule has 6 nitrogen and oxygen atoms in total. The summed E-state index contributed by atoms with van der Waals surface area (Å²) in [7, 11) is 0. The Morgan fingerprint density at radius 2 is 2.00 bits per heavy atom. The number of aliphatic hydroxyl groups is 1. The first kappa shape index (κ1) is 13.7. The number of pyridine rings is 1. The van der Waals surface area contributed by atoms with E-state index in [-0.39, 0.29) is 0 Å². The van der Waals surface area contributed by atoms with Crippen LogP contribution in [0.25, 0.3) is 5.69 Å². The number of tetrazole rings is 1. The third-order valence-corrected chi connectivity index (χ3v) is 3.75. The smallest absolute Gasteiger partial charge is 0.220 e. The normalized spacial score (nSPS) is 12.3. The molecule has 1 N–H and O–H groups in total. The van der Waals surface area contributed by atoms with E-state index >= 15 is 0 Å². The summed E-state index contributed by atoms with van der Waals surface area (Å²) in [4.78, 5) is 4.27. The molecule has 0 saturated carbocycles. The Bertz CT molecular complexity index is 729. The Balaban J connectivity index is 1.90. The van der Waals surface area contributed by atoms with Crippen molar-refractivity contribution in [3.05, 3.63) is 54.2 Å². The number of nitrogens with zero attached hydrogens (tertiary/aromatic N) is 5. The third-order valence-electron chi connectivity index (χ3n) is 2.88. The summed E-state index contributed by atoms with van der Waals surface area (Å²) >= 11 is 1.35. The van der Waals surface area contributed by atoms with Gasteiger partial charge in [0, 0.05) is 6.20 Å². The molecule has 0 fully saturated rings. The van der Waals surface area contributed by atoms with Gasteiger partial charge < -0.3 is 5.11 Å². The molecule has 1 atom stereocenters. The fourth-order valence-corrected chi connectivity index (χ4v) is 2.61. The van der Waals surface area contributed by atoms with Crippen LogP contribution in [0.5, 0.6) is 0 Å². The molecule has 0 aliphatic carbocycles. The van der Waals surface area contributed by atoms with E-state index < -0.39 is 6.10 Å². The van der Waals surface area contributed by atoms with Crippen molar-refractivity contribution < 1.29 is 5.11 Å². The SMILES string of the molecule is C[C@@H](O)c1ccnc(Sc2nnnn2-c2ccccc2)c1. The van der Waals surface area contributed by atoms with Crippen LogP contribution >= 0.6 is 11.8 Å². The monoisotopic (exact) mass is 299 g/mol. The molecule has 7 heteroatoms. The summed E-state index contributed by atoms with van der Waals surface area (Å²) < 4.78 is 1.65. The van der Waals surface area contributed by atoms with E-state index in [1.807, 2.05) is 36.4 Å². The predicted octanol–water partition coefficient (Wildman–Crippen LogP) is 2.26. The number of rotatable bonds is 4. The van der Waals surface area contributed by atoms with Crippen molar-refractivity contribution in [2.75, 3.05) is 0 Å². The maximum absolute atomic E-state index is 9.62. The minimum atomic E-state index is -0.530. The van der Waals surface area contributed by atoms with Crippen LogP contribution in [0.15, 0.2) is 58.8 Å². The van der Waals surface area contributed by atoms with Gasteiger partial charge in [-0.25, -0.2) is 4.98 Å². The summed E-state index contributed by atoms with van der Waals surface area (Å²) in [6.45, 7) is 1.72. The van der Waals surface area contributed by atoms with Gasteiger partial charge in [0.25, 0.3) is 0 Å². The molecule has 0 bridgehead atoms. The van der Waals surface area contributed by atoms with Gasteiger partial charge in [-0.1, -0.05) is 18.2 Å². The molecular formula is C14H13N5OS. The average molecular weight is 299 g/mol. The van der Waals surface area contributed by atoms with Gasteiger partial charge in [0.1, 0.15) is 5.03 Å². The van der Waals surface area contributed by atoms with Crippen molar-refractivity contribution in [3.8, 4) is 5.69 Å². The van der Waals surface area contributed by atoms with Crippen molar-refractivity contribution in [1.82, 2.24) is 25.2 Å². The summed E-state index contributed by atoms with van der Waals surface area (Å²) in [5.74, 6) is 0. The lowest BCUT2D eigenvalue weighted by Gasteiger charge is -2.06. The zero-order valence-electron chi connectivity index (χ0n) is 11.3. The lowest BCUT2D eigenvalue weighted by molar-refractivity contribution is 0.199. The Hall–Kier alpha value is -2.25. The molecule has 0 radical (unpaired) electrons. The van der Waals surface area contributed by atoms with Gasteiger partial charge in [-0.3, -0.25) is 0 Å². The van der Waals surface area contributed by atoms with E-state index in [1.165, 1.54) is 11.8 Å². The highest BCUT2D eigenvalue weighted by Gasteiger charge is 2.11. The van der Waals surface area contributed by atoms with Gasteiger partial charge in [0.15, 0.2) is 0 Å². The number of aliphatic hydroxyl groups excluding tert-OH is 1. The predicted molar refractivity (Wildman–Crippen MR) is 78.1 cm³/mol. The first-order chi connectivity index (χ1) is 10.2. The van der Waals surface area contributed by atoms with Crippen molar-refractivity contribution in [2.45, 2.75) is 23.2 Å². The zero-order valence-corrected chi connectivity index (χ0v) is 12.1. The maximum atomic E-state index is 9.62. The topological polar surface area (TPSA) is 76.7 Å². The molecule has 2 heterocycles. The van der Waals surface area contributed by atoms with Crippen LogP contribution in [0.3, 0.4) is 0 Å². The van der Waals surface area contributed by atoms with Gasteiger partial charge in [0.05, 0.1) is 11.8 Å². The molecule has 0 saturated heterocycles. The summed E-state index contributed by atoms with van der Waals surface area (Å²) in [5.41, 5.74) is 1.70. The van der Waals surface area contributed by atoms with Crippen LogP contribution in [0.2, 0.25) is 0 Å². The summed E-state index contributed by atoms with van der Waals surface area (Å²) in [6, 6.07) is 13.3. The largest absolute Gasteiger partial charge is 0.389 e.